The molecule has 0 heterocycles. The summed E-state index contributed by atoms with van der Waals surface area (Å²) in [5, 5.41) is 0. The first kappa shape index (κ1) is 13.4. The molecule has 0 saturated heterocycles. The van der Waals surface area contributed by atoms with E-state index in [1.54, 1.807) is 0 Å². The SMILES string of the molecule is C=CC(=O)OOCOC(=O)OCCCC. The fourth-order valence-corrected chi connectivity index (χ4v) is 0.530. The van der Waals surface area contributed by atoms with E-state index >= 15 is 0 Å². The summed E-state index contributed by atoms with van der Waals surface area (Å²) >= 11 is 0. The highest BCUT2D eigenvalue weighted by Gasteiger charge is 2.04. The molecule has 0 aromatic heterocycles. The molecule has 0 N–H and O–H groups in total. The Balaban J connectivity index is 3.31. The zero-order valence-corrected chi connectivity index (χ0v) is 8.56. The molecule has 0 atom stereocenters. The molecule has 86 valence electrons. The summed E-state index contributed by atoms with van der Waals surface area (Å²) in [6, 6.07) is 0. The summed E-state index contributed by atoms with van der Waals surface area (Å²) in [5.74, 6) is -0.766. The maximum absolute atomic E-state index is 10.7. The van der Waals surface area contributed by atoms with Gasteiger partial charge in [0.25, 0.3) is 0 Å². The van der Waals surface area contributed by atoms with Crippen LogP contribution in [0, 0.1) is 0 Å². The number of unbranched alkanes of at least 4 members (excludes halogenated alkanes) is 1. The molecule has 0 aliphatic carbocycles. The predicted molar refractivity (Wildman–Crippen MR) is 49.6 cm³/mol. The van der Waals surface area contributed by atoms with E-state index in [4.69, 9.17) is 0 Å². The molecule has 0 unspecified atom stereocenters. The lowest BCUT2D eigenvalue weighted by atomic mass is 10.4. The van der Waals surface area contributed by atoms with Crippen molar-refractivity contribution in [3.8, 4) is 0 Å². The highest BCUT2D eigenvalue weighted by atomic mass is 17.2. The first-order valence-electron chi connectivity index (χ1n) is 4.46. The number of carbonyl (C=O) groups excluding carboxylic acids is 2. The minimum atomic E-state index is -0.863. The summed E-state index contributed by atoms with van der Waals surface area (Å²) < 4.78 is 9.00. The molecule has 0 fully saturated rings. The van der Waals surface area contributed by atoms with Gasteiger partial charge < -0.3 is 9.47 Å². The van der Waals surface area contributed by atoms with Gasteiger partial charge in [-0.25, -0.2) is 9.59 Å². The fourth-order valence-electron chi connectivity index (χ4n) is 0.530. The minimum absolute atomic E-state index is 0.293. The van der Waals surface area contributed by atoms with Crippen LogP contribution in [0.4, 0.5) is 4.79 Å². The minimum Gasteiger partial charge on any atom is -0.434 e. The van der Waals surface area contributed by atoms with Gasteiger partial charge in [0.2, 0.25) is 6.79 Å². The second kappa shape index (κ2) is 9.01. The third-order valence-electron chi connectivity index (χ3n) is 1.25. The van der Waals surface area contributed by atoms with Gasteiger partial charge in [-0.15, -0.1) is 4.89 Å². The molecule has 0 saturated carbocycles. The van der Waals surface area contributed by atoms with Crippen molar-refractivity contribution in [3.05, 3.63) is 12.7 Å². The van der Waals surface area contributed by atoms with Crippen LogP contribution in [0.5, 0.6) is 0 Å². The Kier molecular flexibility index (Phi) is 8.08. The average Bonchev–Trinajstić information content (AvgIpc) is 2.24. The molecule has 0 amide bonds. The Hall–Kier alpha value is -1.56. The van der Waals surface area contributed by atoms with Crippen molar-refractivity contribution >= 4 is 12.1 Å². The topological polar surface area (TPSA) is 71.1 Å². The van der Waals surface area contributed by atoms with Gasteiger partial charge in [-0.05, 0) is 6.42 Å². The van der Waals surface area contributed by atoms with E-state index in [9.17, 15) is 9.59 Å². The second-order valence-corrected chi connectivity index (χ2v) is 2.44. The highest BCUT2D eigenvalue weighted by Crippen LogP contribution is 1.92. The summed E-state index contributed by atoms with van der Waals surface area (Å²) in [7, 11) is 0. The highest BCUT2D eigenvalue weighted by molar-refractivity contribution is 5.80. The Labute approximate surface area is 87.7 Å². The van der Waals surface area contributed by atoms with Crippen LogP contribution in [-0.4, -0.2) is 25.5 Å². The van der Waals surface area contributed by atoms with Gasteiger partial charge in [-0.2, -0.15) is 0 Å². The van der Waals surface area contributed by atoms with Crippen LogP contribution in [-0.2, 0) is 24.0 Å². The average molecular weight is 218 g/mol. The lowest BCUT2D eigenvalue weighted by Crippen LogP contribution is -2.12. The van der Waals surface area contributed by atoms with Crippen LogP contribution in [0.15, 0.2) is 12.7 Å². The first-order chi connectivity index (χ1) is 7.20. The normalized spacial score (nSPS) is 9.13. The van der Waals surface area contributed by atoms with Crippen LogP contribution in [0.2, 0.25) is 0 Å². The number of ether oxygens (including phenoxy) is 2. The van der Waals surface area contributed by atoms with Crippen molar-refractivity contribution in [2.45, 2.75) is 19.8 Å². The molecule has 0 aromatic carbocycles. The van der Waals surface area contributed by atoms with Gasteiger partial charge >= 0.3 is 12.1 Å². The lowest BCUT2D eigenvalue weighted by molar-refractivity contribution is -0.299. The Bertz CT molecular complexity index is 213. The van der Waals surface area contributed by atoms with Gasteiger partial charge in [0.15, 0.2) is 0 Å². The molecule has 0 bridgehead atoms. The van der Waals surface area contributed by atoms with Crippen LogP contribution in [0.25, 0.3) is 0 Å². The number of rotatable bonds is 7. The quantitative estimate of drug-likeness (QED) is 0.161. The maximum Gasteiger partial charge on any atom is 0.510 e. The van der Waals surface area contributed by atoms with Crippen molar-refractivity contribution in [2.24, 2.45) is 0 Å². The molecule has 0 aromatic rings. The van der Waals surface area contributed by atoms with Gasteiger partial charge in [0, 0.05) is 6.08 Å². The molecule has 0 radical (unpaired) electrons. The molecule has 0 aliphatic rings. The molecule has 15 heavy (non-hydrogen) atoms. The summed E-state index contributed by atoms with van der Waals surface area (Å²) in [5.41, 5.74) is 0. The van der Waals surface area contributed by atoms with E-state index in [0.717, 1.165) is 18.9 Å². The van der Waals surface area contributed by atoms with Crippen LogP contribution in [0.3, 0.4) is 0 Å². The van der Waals surface area contributed by atoms with E-state index in [2.05, 4.69) is 25.8 Å². The molecule has 6 nitrogen and oxygen atoms in total. The Morgan fingerprint density at radius 2 is 2.07 bits per heavy atom. The van der Waals surface area contributed by atoms with Crippen molar-refractivity contribution in [1.29, 1.82) is 0 Å². The van der Waals surface area contributed by atoms with E-state index < -0.39 is 18.9 Å². The van der Waals surface area contributed by atoms with Gasteiger partial charge in [-0.1, -0.05) is 19.9 Å². The first-order valence-corrected chi connectivity index (χ1v) is 4.46. The summed E-state index contributed by atoms with van der Waals surface area (Å²) in [6.07, 6.45) is 1.74. The van der Waals surface area contributed by atoms with E-state index in [1.807, 2.05) is 6.92 Å². The molecule has 6 heteroatoms. The van der Waals surface area contributed by atoms with E-state index in [-0.39, 0.29) is 0 Å². The van der Waals surface area contributed by atoms with Crippen LogP contribution in [0.1, 0.15) is 19.8 Å². The molecular formula is C9H14O6. The number of hydrogen-bond donors (Lipinski definition) is 0. The monoisotopic (exact) mass is 218 g/mol. The van der Waals surface area contributed by atoms with Gasteiger partial charge in [0.1, 0.15) is 0 Å². The third-order valence-corrected chi connectivity index (χ3v) is 1.25. The maximum atomic E-state index is 10.7. The van der Waals surface area contributed by atoms with Gasteiger partial charge in [-0.3, -0.25) is 4.89 Å². The predicted octanol–water partition coefficient (Wildman–Crippen LogP) is 1.56. The van der Waals surface area contributed by atoms with Crippen molar-refractivity contribution in [2.75, 3.05) is 13.4 Å². The summed E-state index contributed by atoms with van der Waals surface area (Å²) in [4.78, 5) is 29.5. The number of hydrogen-bond acceptors (Lipinski definition) is 6. The van der Waals surface area contributed by atoms with Crippen LogP contribution < -0.4 is 0 Å². The molecule has 0 rings (SSSR count). The zero-order chi connectivity index (χ0) is 11.5. The van der Waals surface area contributed by atoms with E-state index in [1.165, 1.54) is 0 Å². The third kappa shape index (κ3) is 8.76. The fraction of sp³-hybridized carbons (Fsp3) is 0.556. The van der Waals surface area contributed by atoms with Crippen molar-refractivity contribution < 1.29 is 28.8 Å². The standard InChI is InChI=1S/C9H14O6/c1-3-5-6-12-9(11)13-7-14-15-8(10)4-2/h4H,2-3,5-7H2,1H3. The zero-order valence-electron chi connectivity index (χ0n) is 8.56. The largest absolute Gasteiger partial charge is 0.510 e. The lowest BCUT2D eigenvalue weighted by Gasteiger charge is -2.04. The second-order valence-electron chi connectivity index (χ2n) is 2.44. The number of carbonyl (C=O) groups is 2. The van der Waals surface area contributed by atoms with Crippen LogP contribution >= 0.6 is 0 Å². The molecular weight excluding hydrogens is 204 g/mol. The molecule has 0 aliphatic heterocycles. The summed E-state index contributed by atoms with van der Waals surface area (Å²) in [6.45, 7) is 4.89. The Morgan fingerprint density at radius 1 is 1.33 bits per heavy atom. The molecule has 0 spiro atoms. The van der Waals surface area contributed by atoms with Gasteiger partial charge in [0.05, 0.1) is 6.61 Å². The van der Waals surface area contributed by atoms with E-state index in [0.29, 0.717) is 6.61 Å². The van der Waals surface area contributed by atoms with Crippen molar-refractivity contribution in [1.82, 2.24) is 0 Å². The smallest absolute Gasteiger partial charge is 0.434 e. The van der Waals surface area contributed by atoms with Crippen molar-refractivity contribution in [3.63, 3.8) is 0 Å². The Morgan fingerprint density at radius 3 is 2.67 bits per heavy atom.